The number of nitrogens with zero attached hydrogens (tertiary/aromatic N) is 4. The Bertz CT molecular complexity index is 4620. The number of hydrogen-bond donors (Lipinski definition) is 4. The van der Waals surface area contributed by atoms with Crippen LogP contribution < -0.4 is 9.97 Å². The van der Waals surface area contributed by atoms with Gasteiger partial charge in [-0.3, -0.25) is 18.2 Å². The summed E-state index contributed by atoms with van der Waals surface area (Å²) in [7, 11) is -26.9. The average Bonchev–Trinajstić information content (AvgIpc) is 1.57. The number of halogens is 20. The molecular formula is C44H10F20FeN4O13S4. The molecule has 456 valence electrons. The zero-order valence-corrected chi connectivity index (χ0v) is 43.6. The van der Waals surface area contributed by atoms with Crippen LogP contribution in [0.2, 0.25) is 0 Å². The van der Waals surface area contributed by atoms with Crippen LogP contribution in [0, 0.1) is 116 Å². The van der Waals surface area contributed by atoms with Gasteiger partial charge in [0.2, 0.25) is 23.3 Å². The van der Waals surface area contributed by atoms with Crippen LogP contribution in [0.3, 0.4) is 0 Å². The van der Waals surface area contributed by atoms with Gasteiger partial charge < -0.3 is 15.4 Å². The molecule has 9 rings (SSSR count). The van der Waals surface area contributed by atoms with Gasteiger partial charge in [0, 0.05) is 22.3 Å². The molecule has 0 radical (unpaired) electrons. The van der Waals surface area contributed by atoms with Crippen LogP contribution in [-0.2, 0) is 57.5 Å². The second-order valence-corrected chi connectivity index (χ2v) is 22.2. The quantitative estimate of drug-likeness (QED) is 0.0362. The van der Waals surface area contributed by atoms with E-state index in [1.54, 1.807) is 0 Å². The fourth-order valence-corrected chi connectivity index (χ4v) is 11.0. The van der Waals surface area contributed by atoms with Gasteiger partial charge in [-0.2, -0.15) is 33.7 Å². The van der Waals surface area contributed by atoms with E-state index in [9.17, 15) is 69.4 Å². The van der Waals surface area contributed by atoms with Crippen LogP contribution in [-0.4, -0.2) is 67.3 Å². The maximum Gasteiger partial charge on any atom is 2.00 e. The third-order valence-corrected chi connectivity index (χ3v) is 15.3. The predicted molar refractivity (Wildman–Crippen MR) is 242 cm³/mol. The van der Waals surface area contributed by atoms with Gasteiger partial charge in [-0.25, -0.2) is 97.8 Å². The summed E-state index contributed by atoms with van der Waals surface area (Å²) in [6.07, 6.45) is -1.19. The van der Waals surface area contributed by atoms with Crippen LogP contribution in [0.1, 0.15) is 22.8 Å². The van der Waals surface area contributed by atoms with E-state index in [4.69, 9.17) is 0 Å². The van der Waals surface area contributed by atoms with Crippen molar-refractivity contribution in [3.05, 3.63) is 151 Å². The Balaban J connectivity index is 0.00000529. The van der Waals surface area contributed by atoms with E-state index in [0.29, 0.717) is 0 Å². The Morgan fingerprint density at radius 1 is 0.302 bits per heavy atom. The molecule has 2 aliphatic rings. The Morgan fingerprint density at radius 2 is 0.500 bits per heavy atom. The number of benzene rings is 4. The smallest absolute Gasteiger partial charge is 0.656 e. The zero-order valence-electron chi connectivity index (χ0n) is 39.2. The Kier molecular flexibility index (Phi) is 16.5. The SMILES string of the molecule is O.O=S(=O)(O)C1=Cc2nc1c(-c1c(F)c(F)c(F)c(F)c1F)c1cc(S(=O)(=O)O)c([n-]1)c(-c1c(F)c(F)c(F)c(F)c1F)c1nc(c(-c3c(F)c(F)c(F)c(F)c3F)c3cc(S(=O)(=O)O)c([n-]3)c2-c2c(F)c(F)c(F)c(F)c2F)C(S(=O)(=O)O)=C1.[Fe+2]. The minimum Gasteiger partial charge on any atom is -0.656 e. The van der Waals surface area contributed by atoms with Crippen LogP contribution in [0.4, 0.5) is 87.8 Å². The summed E-state index contributed by atoms with van der Waals surface area (Å²) >= 11 is 0. The van der Waals surface area contributed by atoms with Gasteiger partial charge in [0.25, 0.3) is 40.5 Å². The first-order chi connectivity index (χ1) is 38.6. The second kappa shape index (κ2) is 21.6. The third kappa shape index (κ3) is 9.94. The van der Waals surface area contributed by atoms with E-state index in [-0.39, 0.29) is 22.5 Å². The van der Waals surface area contributed by atoms with Gasteiger partial charge >= 0.3 is 17.1 Å². The molecule has 0 saturated heterocycles. The van der Waals surface area contributed by atoms with E-state index in [0.717, 1.165) is 0 Å². The molecule has 7 aromatic rings. The van der Waals surface area contributed by atoms with Crippen molar-refractivity contribution in [2.75, 3.05) is 0 Å². The summed E-state index contributed by atoms with van der Waals surface area (Å²) in [5.41, 5.74) is -40.1. The van der Waals surface area contributed by atoms with Gasteiger partial charge in [-0.05, 0) is 12.2 Å². The minimum absolute atomic E-state index is 0. The van der Waals surface area contributed by atoms with Crippen molar-refractivity contribution in [2.45, 2.75) is 9.79 Å². The molecule has 2 aliphatic heterocycles. The summed E-state index contributed by atoms with van der Waals surface area (Å²) in [5, 5.41) is 0. The van der Waals surface area contributed by atoms with Gasteiger partial charge in [0.1, 0.15) is 9.81 Å². The van der Waals surface area contributed by atoms with Crippen molar-refractivity contribution in [2.24, 2.45) is 0 Å². The van der Waals surface area contributed by atoms with Crippen molar-refractivity contribution in [3.8, 4) is 44.5 Å². The van der Waals surface area contributed by atoms with E-state index >= 15 is 70.2 Å². The summed E-state index contributed by atoms with van der Waals surface area (Å²) in [6, 6.07) is -1.19. The largest absolute Gasteiger partial charge is 2.00 e. The zero-order chi connectivity index (χ0) is 62.8. The van der Waals surface area contributed by atoms with Crippen LogP contribution in [0.25, 0.3) is 88.5 Å². The van der Waals surface area contributed by atoms with E-state index in [1.165, 1.54) is 0 Å². The first kappa shape index (κ1) is 65.7. The summed E-state index contributed by atoms with van der Waals surface area (Å²) in [4.78, 5) is 3.28. The molecule has 42 heteroatoms. The van der Waals surface area contributed by atoms with Gasteiger partial charge in [-0.1, -0.05) is 12.1 Å². The average molecular weight is 1370 g/mol. The van der Waals surface area contributed by atoms with Crippen molar-refractivity contribution in [1.82, 2.24) is 19.9 Å². The molecule has 0 saturated carbocycles. The van der Waals surface area contributed by atoms with Crippen LogP contribution in [0.15, 0.2) is 21.9 Å². The molecular weight excluding hydrogens is 1360 g/mol. The summed E-state index contributed by atoms with van der Waals surface area (Å²) in [6.45, 7) is 0. The van der Waals surface area contributed by atoms with Crippen molar-refractivity contribution < 1.29 is 162 Å². The first-order valence-corrected chi connectivity index (χ1v) is 26.5. The number of rotatable bonds is 8. The molecule has 4 aromatic carbocycles. The van der Waals surface area contributed by atoms with E-state index < -0.39 is 290 Å². The fourth-order valence-electron chi connectivity index (χ4n) is 8.39. The van der Waals surface area contributed by atoms with Gasteiger partial charge in [-0.15, -0.1) is 22.1 Å². The third-order valence-electron chi connectivity index (χ3n) is 11.9. The molecule has 3 aromatic heterocycles. The fraction of sp³-hybridized carbons (Fsp3) is 0. The van der Waals surface area contributed by atoms with Crippen molar-refractivity contribution in [1.29, 1.82) is 0 Å². The molecule has 17 nitrogen and oxygen atoms in total. The van der Waals surface area contributed by atoms with E-state index in [1.807, 2.05) is 0 Å². The first-order valence-electron chi connectivity index (χ1n) is 20.8. The minimum atomic E-state index is -6.72. The molecule has 0 atom stereocenters. The topological polar surface area (TPSA) is 303 Å². The molecule has 5 heterocycles. The summed E-state index contributed by atoms with van der Waals surface area (Å²) < 4.78 is 461. The normalized spacial score (nSPS) is 13.0. The molecule has 0 aliphatic carbocycles. The van der Waals surface area contributed by atoms with Crippen LogP contribution in [0.5, 0.6) is 0 Å². The number of fused-ring (bicyclic) bond motifs is 8. The van der Waals surface area contributed by atoms with Crippen LogP contribution >= 0.6 is 0 Å². The van der Waals surface area contributed by atoms with Gasteiger partial charge in [0.15, 0.2) is 93.1 Å². The predicted octanol–water partition coefficient (Wildman–Crippen LogP) is 9.46. The number of aromatic nitrogens is 4. The van der Waals surface area contributed by atoms with E-state index in [2.05, 4.69) is 19.9 Å². The Labute approximate surface area is 470 Å². The molecule has 0 spiro atoms. The molecule has 0 unspecified atom stereocenters. The standard InChI is InChI=1S/C44H8F20N4O12S4.Fe.H2O/c45-21-17(22(46)30(54)37(61)29(21)53)13-5-1-9(81(69,70)71)41(65-5)14(18-23(47)31(55)38(62)32(56)24(18)48)6-2-11(83(75,76)77)43(67-6)16(20-27(51)35(59)40(64)36(60)28(20)52)8-4-12(84(78,79)80)44(68-8)15(7-3-10(42(13)66-7)82(72,73)74)19-25(49)33(57)39(63)34(58)26(19)50;;/h1-4H,(H,69,70,71)(H,72,73,74)(H,75,76,77)(H,78,79,80);;1H2/q-2;+2;. The maximum absolute atomic E-state index is 16.3. The Morgan fingerprint density at radius 3 is 0.698 bits per heavy atom. The van der Waals surface area contributed by atoms with Crippen molar-refractivity contribution in [3.63, 3.8) is 0 Å². The monoisotopic (exact) mass is 1370 g/mol. The maximum atomic E-state index is 16.3. The summed E-state index contributed by atoms with van der Waals surface area (Å²) in [5.74, 6) is -64.8. The van der Waals surface area contributed by atoms with Gasteiger partial charge in [0.05, 0.1) is 54.8 Å². The molecule has 0 amide bonds. The molecule has 86 heavy (non-hydrogen) atoms. The molecule has 6 N–H and O–H groups in total. The Hall–Kier alpha value is -7.80. The number of hydrogen-bond acceptors (Lipinski definition) is 10. The second-order valence-electron chi connectivity index (χ2n) is 16.6. The molecule has 8 bridgehead atoms. The van der Waals surface area contributed by atoms with Crippen molar-refractivity contribution >= 4 is 84.5 Å². The molecule has 0 fully saturated rings.